The number of halogens is 1. The molecule has 13 heteroatoms. The van der Waals surface area contributed by atoms with Gasteiger partial charge in [0.2, 0.25) is 20.0 Å². The Balaban J connectivity index is 1.52. The molecule has 0 aromatic heterocycles. The van der Waals surface area contributed by atoms with Gasteiger partial charge in [0.25, 0.3) is 5.91 Å². The van der Waals surface area contributed by atoms with Crippen molar-refractivity contribution in [3.05, 3.63) is 70.3 Å². The number of fused-ring (bicyclic) bond motifs is 3. The number of nitrogens with zero attached hydrogens (tertiary/aromatic N) is 1. The SMILES string of the molecule is C[C@@H]1[C@@H](C)C/C=C/C(OCCS(N)(=O)=O)[C@@H]2CC[C@H]2CN2CCCCc3cc(Cl)ccc3COc3ccc(cc32)C(=O)NS1(=O)=O. The van der Waals surface area contributed by atoms with Gasteiger partial charge in [0.15, 0.2) is 0 Å². The highest BCUT2D eigenvalue weighted by Crippen LogP contribution is 2.42. The number of sulfonamides is 2. The molecule has 2 aromatic rings. The summed E-state index contributed by atoms with van der Waals surface area (Å²) in [4.78, 5) is 15.6. The molecule has 0 spiro atoms. The highest BCUT2D eigenvalue weighted by Gasteiger charge is 2.38. The third-order valence-corrected chi connectivity index (χ3v) is 12.5. The van der Waals surface area contributed by atoms with Crippen molar-refractivity contribution in [2.75, 3.05) is 30.3 Å². The number of rotatable bonds is 4. The maximum atomic E-state index is 13.4. The number of aryl methyl sites for hydroxylation is 1. The summed E-state index contributed by atoms with van der Waals surface area (Å²) in [5.74, 6) is -0.300. The molecule has 5 atom stereocenters. The molecule has 2 aromatic carbocycles. The van der Waals surface area contributed by atoms with E-state index in [-0.39, 0.29) is 41.8 Å². The van der Waals surface area contributed by atoms with Gasteiger partial charge in [0, 0.05) is 23.7 Å². The molecule has 3 aliphatic rings. The van der Waals surface area contributed by atoms with Crippen LogP contribution in [0.1, 0.15) is 67.4 Å². The second-order valence-electron chi connectivity index (χ2n) is 12.8. The molecule has 0 saturated heterocycles. The molecular weight excluding hydrogens is 650 g/mol. The molecule has 3 N–H and O–H groups in total. The Morgan fingerprint density at radius 3 is 2.65 bits per heavy atom. The number of hydrogen-bond donors (Lipinski definition) is 2. The Hall–Kier alpha value is -2.64. The van der Waals surface area contributed by atoms with Crippen LogP contribution in [0.5, 0.6) is 5.75 Å². The Morgan fingerprint density at radius 1 is 1.11 bits per heavy atom. The zero-order chi connectivity index (χ0) is 33.1. The summed E-state index contributed by atoms with van der Waals surface area (Å²) in [5.41, 5.74) is 3.14. The summed E-state index contributed by atoms with van der Waals surface area (Å²) in [5, 5.41) is 5.08. The Morgan fingerprint density at radius 2 is 1.91 bits per heavy atom. The van der Waals surface area contributed by atoms with Gasteiger partial charge < -0.3 is 14.4 Å². The van der Waals surface area contributed by atoms with Crippen LogP contribution >= 0.6 is 11.6 Å². The average Bonchev–Trinajstić information content (AvgIpc) is 3.00. The molecule has 2 aliphatic heterocycles. The van der Waals surface area contributed by atoms with Gasteiger partial charge in [-0.3, -0.25) is 4.79 Å². The van der Waals surface area contributed by atoms with Crippen LogP contribution in [0, 0.1) is 17.8 Å². The van der Waals surface area contributed by atoms with Crippen LogP contribution in [0.3, 0.4) is 0 Å². The molecular formula is C33H44ClN3O7S2. The lowest BCUT2D eigenvalue weighted by Crippen LogP contribution is -2.44. The van der Waals surface area contributed by atoms with Crippen LogP contribution in [0.2, 0.25) is 5.02 Å². The van der Waals surface area contributed by atoms with Gasteiger partial charge in [0.05, 0.1) is 29.4 Å². The predicted molar refractivity (Wildman–Crippen MR) is 180 cm³/mol. The van der Waals surface area contributed by atoms with Gasteiger partial charge in [-0.15, -0.1) is 0 Å². The first kappa shape index (κ1) is 34.7. The summed E-state index contributed by atoms with van der Waals surface area (Å²) in [6.07, 6.45) is 8.46. The van der Waals surface area contributed by atoms with E-state index >= 15 is 0 Å². The number of nitrogens with one attached hydrogen (secondary N) is 1. The molecule has 2 heterocycles. The molecule has 5 rings (SSSR count). The van der Waals surface area contributed by atoms with Crippen LogP contribution in [0.25, 0.3) is 0 Å². The van der Waals surface area contributed by atoms with E-state index in [1.165, 1.54) is 0 Å². The molecule has 10 nitrogen and oxygen atoms in total. The van der Waals surface area contributed by atoms with Crippen molar-refractivity contribution in [3.63, 3.8) is 0 Å². The summed E-state index contributed by atoms with van der Waals surface area (Å²) in [7, 11) is -7.68. The number of nitrogens with two attached hydrogens (primary N) is 1. The lowest BCUT2D eigenvalue weighted by molar-refractivity contribution is -0.00768. The Bertz CT molecular complexity index is 1660. The van der Waals surface area contributed by atoms with E-state index in [4.69, 9.17) is 26.2 Å². The number of amides is 1. The van der Waals surface area contributed by atoms with E-state index in [2.05, 4.69) is 9.62 Å². The maximum Gasteiger partial charge on any atom is 0.264 e. The zero-order valence-electron chi connectivity index (χ0n) is 26.4. The molecule has 1 amide bonds. The highest BCUT2D eigenvalue weighted by molar-refractivity contribution is 7.90. The smallest absolute Gasteiger partial charge is 0.264 e. The van der Waals surface area contributed by atoms with Gasteiger partial charge in [-0.05, 0) is 105 Å². The topological polar surface area (TPSA) is 145 Å². The van der Waals surface area contributed by atoms with Gasteiger partial charge in [-0.25, -0.2) is 26.7 Å². The Labute approximate surface area is 277 Å². The molecule has 1 aliphatic carbocycles. The summed E-state index contributed by atoms with van der Waals surface area (Å²) < 4.78 is 64.7. The molecule has 1 unspecified atom stereocenters. The number of anilines is 1. The van der Waals surface area contributed by atoms with E-state index in [0.29, 0.717) is 36.9 Å². The molecule has 2 bridgehead atoms. The van der Waals surface area contributed by atoms with Crippen LogP contribution in [-0.4, -0.2) is 59.5 Å². The van der Waals surface area contributed by atoms with Gasteiger partial charge in [-0.2, -0.15) is 0 Å². The lowest BCUT2D eigenvalue weighted by Gasteiger charge is -2.44. The number of primary sulfonamides is 1. The van der Waals surface area contributed by atoms with E-state index in [0.717, 1.165) is 48.9 Å². The number of carbonyl (C=O) groups is 1. The normalized spacial score (nSPS) is 27.9. The number of hydrogen-bond acceptors (Lipinski definition) is 8. The third kappa shape index (κ3) is 8.63. The second kappa shape index (κ2) is 14.6. The fourth-order valence-electron chi connectivity index (χ4n) is 6.44. The van der Waals surface area contributed by atoms with Crippen LogP contribution in [0.15, 0.2) is 48.6 Å². The van der Waals surface area contributed by atoms with Gasteiger partial charge >= 0.3 is 0 Å². The van der Waals surface area contributed by atoms with Gasteiger partial charge in [-0.1, -0.05) is 36.7 Å². The standard InChI is InChI=1S/C33H44ClN3O7S2/c1-22-6-5-8-31(43-16-17-45(35,39)40)29-13-10-26(29)20-37-15-4-3-7-24-18-28(34)12-9-27(24)21-44-32-14-11-25(19-30(32)37)33(38)36-46(41,42)23(22)2/h5,8-9,11-12,14,18-19,22-23,26,29,31H,3-4,6-7,10,13,15-17,20-21H2,1-2H3,(H,36,38)(H2,35,39,40)/b8-5+/t22-,23+,26-,29+,31?/m0/s1. The lowest BCUT2D eigenvalue weighted by atomic mass is 9.70. The Kier molecular flexibility index (Phi) is 11.0. The quantitative estimate of drug-likeness (QED) is 0.435. The summed E-state index contributed by atoms with van der Waals surface area (Å²) in [6, 6.07) is 10.9. The maximum absolute atomic E-state index is 13.4. The number of carbonyl (C=O) groups excluding carboxylic acids is 1. The molecule has 46 heavy (non-hydrogen) atoms. The van der Waals surface area contributed by atoms with Crippen molar-refractivity contribution >= 4 is 43.2 Å². The minimum Gasteiger partial charge on any atom is -0.487 e. The van der Waals surface area contributed by atoms with Crippen LogP contribution in [0.4, 0.5) is 5.69 Å². The van der Waals surface area contributed by atoms with Crippen molar-refractivity contribution in [2.24, 2.45) is 22.9 Å². The monoisotopic (exact) mass is 693 g/mol. The van der Waals surface area contributed by atoms with Crippen molar-refractivity contribution in [1.29, 1.82) is 0 Å². The highest BCUT2D eigenvalue weighted by atomic mass is 35.5. The fraction of sp³-hybridized carbons (Fsp3) is 0.545. The first-order valence-electron chi connectivity index (χ1n) is 15.9. The van der Waals surface area contributed by atoms with E-state index in [9.17, 15) is 21.6 Å². The number of benzene rings is 2. The average molecular weight is 694 g/mol. The third-order valence-electron chi connectivity index (χ3n) is 9.63. The summed E-state index contributed by atoms with van der Waals surface area (Å²) in [6.45, 7) is 5.07. The van der Waals surface area contributed by atoms with Crippen molar-refractivity contribution < 1.29 is 31.1 Å². The number of ether oxygens (including phenoxy) is 2. The zero-order valence-corrected chi connectivity index (χ0v) is 28.7. The molecule has 252 valence electrons. The minimum atomic E-state index is -3.99. The molecule has 1 fully saturated rings. The first-order chi connectivity index (χ1) is 21.8. The molecule has 1 saturated carbocycles. The van der Waals surface area contributed by atoms with Crippen molar-refractivity contribution in [3.8, 4) is 5.75 Å². The van der Waals surface area contributed by atoms with Crippen molar-refractivity contribution in [1.82, 2.24) is 4.72 Å². The second-order valence-corrected chi connectivity index (χ2v) is 17.0. The van der Waals surface area contributed by atoms with E-state index < -0.39 is 31.2 Å². The minimum absolute atomic E-state index is 0.0300. The van der Waals surface area contributed by atoms with Gasteiger partial charge in [0.1, 0.15) is 12.4 Å². The van der Waals surface area contributed by atoms with Crippen LogP contribution in [-0.2, 0) is 37.8 Å². The number of allylic oxidation sites excluding steroid dienone is 1. The van der Waals surface area contributed by atoms with E-state index in [1.54, 1.807) is 25.1 Å². The first-order valence-corrected chi connectivity index (χ1v) is 19.6. The fourth-order valence-corrected chi connectivity index (χ4v) is 8.25. The van der Waals surface area contributed by atoms with Crippen molar-refractivity contribution in [2.45, 2.75) is 70.3 Å². The summed E-state index contributed by atoms with van der Waals surface area (Å²) >= 11 is 6.32. The predicted octanol–water partition coefficient (Wildman–Crippen LogP) is 4.81. The molecule has 0 radical (unpaired) electrons. The largest absolute Gasteiger partial charge is 0.487 e. The van der Waals surface area contributed by atoms with E-state index in [1.807, 2.05) is 37.3 Å². The van der Waals surface area contributed by atoms with Crippen LogP contribution < -0.4 is 19.5 Å².